The van der Waals surface area contributed by atoms with Gasteiger partial charge in [0.2, 0.25) is 0 Å². The number of fused-ring (bicyclic) bond motifs is 1. The van der Waals surface area contributed by atoms with Crippen LogP contribution in [0.2, 0.25) is 0 Å². The van der Waals surface area contributed by atoms with Crippen molar-refractivity contribution in [3.63, 3.8) is 0 Å². The lowest BCUT2D eigenvalue weighted by Crippen LogP contribution is -2.14. The lowest BCUT2D eigenvalue weighted by Gasteiger charge is -2.09. The summed E-state index contributed by atoms with van der Waals surface area (Å²) in [4.78, 5) is 0. The lowest BCUT2D eigenvalue weighted by atomic mass is 9.96. The van der Waals surface area contributed by atoms with E-state index in [1.54, 1.807) is 11.3 Å². The van der Waals surface area contributed by atoms with E-state index in [0.717, 1.165) is 42.4 Å². The molecule has 4 rings (SSSR count). The van der Waals surface area contributed by atoms with E-state index in [-0.39, 0.29) is 0 Å². The van der Waals surface area contributed by atoms with Gasteiger partial charge in [0, 0.05) is 24.4 Å². The molecule has 2 aliphatic rings. The van der Waals surface area contributed by atoms with Crippen LogP contribution in [0.5, 0.6) is 0 Å². The minimum absolute atomic E-state index is 0.698. The Labute approximate surface area is 121 Å². The zero-order valence-corrected chi connectivity index (χ0v) is 12.2. The van der Waals surface area contributed by atoms with Gasteiger partial charge in [-0.25, -0.2) is 0 Å². The molecule has 0 unspecified atom stereocenters. The van der Waals surface area contributed by atoms with Gasteiger partial charge in [-0.15, -0.1) is 10.2 Å². The number of hydrogen-bond acceptors (Lipinski definition) is 6. The van der Waals surface area contributed by atoms with Crippen LogP contribution in [0.1, 0.15) is 58.6 Å². The van der Waals surface area contributed by atoms with Crippen molar-refractivity contribution < 1.29 is 4.52 Å². The molecule has 0 radical (unpaired) electrons. The van der Waals surface area contributed by atoms with Crippen LogP contribution in [-0.2, 0) is 25.9 Å². The van der Waals surface area contributed by atoms with Crippen LogP contribution in [0.4, 0.5) is 0 Å². The van der Waals surface area contributed by atoms with Crippen molar-refractivity contribution in [1.29, 1.82) is 0 Å². The molecule has 2 aromatic rings. The molecular formula is C14H18N4OS. The van der Waals surface area contributed by atoms with E-state index in [9.17, 15) is 0 Å². The number of aromatic nitrogens is 3. The fourth-order valence-electron chi connectivity index (χ4n) is 2.71. The van der Waals surface area contributed by atoms with Crippen molar-refractivity contribution in [3.8, 4) is 0 Å². The first kappa shape index (κ1) is 12.5. The molecule has 106 valence electrons. The molecule has 0 spiro atoms. The highest BCUT2D eigenvalue weighted by Crippen LogP contribution is 2.41. The second-order valence-corrected chi connectivity index (χ2v) is 6.74. The predicted molar refractivity (Wildman–Crippen MR) is 75.6 cm³/mol. The molecule has 2 aromatic heterocycles. The van der Waals surface area contributed by atoms with E-state index < -0.39 is 0 Å². The summed E-state index contributed by atoms with van der Waals surface area (Å²) in [5, 5.41) is 18.4. The topological polar surface area (TPSA) is 63.8 Å². The summed E-state index contributed by atoms with van der Waals surface area (Å²) in [5.41, 5.74) is 2.41. The smallest absolute Gasteiger partial charge is 0.140 e. The summed E-state index contributed by atoms with van der Waals surface area (Å²) in [6, 6.07) is 0. The third kappa shape index (κ3) is 2.50. The predicted octanol–water partition coefficient (Wildman–Crippen LogP) is 2.57. The van der Waals surface area contributed by atoms with Crippen LogP contribution in [0.25, 0.3) is 0 Å². The molecule has 1 N–H and O–H groups in total. The minimum Gasteiger partial charge on any atom is -0.361 e. The third-order valence-corrected chi connectivity index (χ3v) is 5.10. The molecule has 1 fully saturated rings. The Morgan fingerprint density at radius 2 is 2.05 bits per heavy atom. The van der Waals surface area contributed by atoms with Gasteiger partial charge in [-0.05, 0) is 32.1 Å². The molecule has 2 heterocycles. The van der Waals surface area contributed by atoms with Gasteiger partial charge in [-0.1, -0.05) is 16.5 Å². The first-order chi connectivity index (χ1) is 9.90. The van der Waals surface area contributed by atoms with E-state index in [1.807, 2.05) is 0 Å². The van der Waals surface area contributed by atoms with Gasteiger partial charge in [0.25, 0.3) is 0 Å². The molecule has 0 bridgehead atoms. The monoisotopic (exact) mass is 290 g/mol. The number of rotatable bonds is 5. The van der Waals surface area contributed by atoms with Crippen LogP contribution in [0.3, 0.4) is 0 Å². The molecular weight excluding hydrogens is 272 g/mol. The van der Waals surface area contributed by atoms with Crippen molar-refractivity contribution in [1.82, 2.24) is 20.7 Å². The minimum atomic E-state index is 0.698. The molecule has 0 aliphatic heterocycles. The van der Waals surface area contributed by atoms with Crippen LogP contribution >= 0.6 is 11.3 Å². The molecule has 0 atom stereocenters. The Kier molecular flexibility index (Phi) is 3.28. The standard InChI is InChI=1S/C14H18N4OS/c1-2-4-12-10(3-1)11(18-19-12)7-15-8-13-16-17-14(20-13)9-5-6-9/h9,15H,1-8H2. The number of nitrogens with zero attached hydrogens (tertiary/aromatic N) is 3. The van der Waals surface area contributed by atoms with Crippen LogP contribution in [0, 0.1) is 0 Å². The highest BCUT2D eigenvalue weighted by atomic mass is 32.1. The van der Waals surface area contributed by atoms with E-state index in [0.29, 0.717) is 5.92 Å². The van der Waals surface area contributed by atoms with Gasteiger partial charge in [0.1, 0.15) is 21.5 Å². The Morgan fingerprint density at radius 1 is 1.15 bits per heavy atom. The molecule has 6 heteroatoms. The Morgan fingerprint density at radius 3 is 2.95 bits per heavy atom. The van der Waals surface area contributed by atoms with Gasteiger partial charge in [0.15, 0.2) is 0 Å². The van der Waals surface area contributed by atoms with E-state index in [4.69, 9.17) is 4.52 Å². The molecule has 0 amide bonds. The normalized spacial score (nSPS) is 18.2. The Balaban J connectivity index is 1.34. The molecule has 0 saturated heterocycles. The van der Waals surface area contributed by atoms with Gasteiger partial charge < -0.3 is 9.84 Å². The summed E-state index contributed by atoms with van der Waals surface area (Å²) in [7, 11) is 0. The van der Waals surface area contributed by atoms with Crippen molar-refractivity contribution in [2.45, 2.75) is 57.5 Å². The van der Waals surface area contributed by atoms with Gasteiger partial charge in [-0.2, -0.15) is 0 Å². The number of aryl methyl sites for hydroxylation is 1. The maximum Gasteiger partial charge on any atom is 0.140 e. The van der Waals surface area contributed by atoms with E-state index in [1.165, 1.54) is 36.3 Å². The largest absolute Gasteiger partial charge is 0.361 e. The second kappa shape index (κ2) is 5.26. The van der Waals surface area contributed by atoms with Gasteiger partial charge in [0.05, 0.1) is 6.54 Å². The fourth-order valence-corrected chi connectivity index (χ4v) is 3.69. The molecule has 1 saturated carbocycles. The maximum absolute atomic E-state index is 5.42. The van der Waals surface area contributed by atoms with E-state index >= 15 is 0 Å². The zero-order chi connectivity index (χ0) is 13.4. The average Bonchev–Trinajstić information content (AvgIpc) is 3.09. The fraction of sp³-hybridized carbons (Fsp3) is 0.643. The van der Waals surface area contributed by atoms with Gasteiger partial charge >= 0.3 is 0 Å². The first-order valence-corrected chi connectivity index (χ1v) is 8.21. The summed E-state index contributed by atoms with van der Waals surface area (Å²) in [6.07, 6.45) is 7.20. The Bertz CT molecular complexity index is 602. The number of hydrogen-bond donors (Lipinski definition) is 1. The van der Waals surface area contributed by atoms with Gasteiger partial charge in [-0.3, -0.25) is 0 Å². The quantitative estimate of drug-likeness (QED) is 0.917. The van der Waals surface area contributed by atoms with Crippen LogP contribution < -0.4 is 5.32 Å². The number of nitrogens with one attached hydrogen (secondary N) is 1. The summed E-state index contributed by atoms with van der Waals surface area (Å²) < 4.78 is 5.42. The first-order valence-electron chi connectivity index (χ1n) is 7.39. The lowest BCUT2D eigenvalue weighted by molar-refractivity contribution is 0.366. The van der Waals surface area contributed by atoms with Crippen molar-refractivity contribution >= 4 is 11.3 Å². The van der Waals surface area contributed by atoms with E-state index in [2.05, 4.69) is 20.7 Å². The summed E-state index contributed by atoms with van der Waals surface area (Å²) >= 11 is 1.74. The SMILES string of the molecule is C1CCc2c(CNCc3nnc(C4CC4)s3)noc2C1. The summed E-state index contributed by atoms with van der Waals surface area (Å²) in [5.74, 6) is 1.80. The third-order valence-electron chi connectivity index (χ3n) is 4.01. The highest BCUT2D eigenvalue weighted by molar-refractivity contribution is 7.11. The molecule has 20 heavy (non-hydrogen) atoms. The Hall–Kier alpha value is -1.27. The molecule has 0 aromatic carbocycles. The summed E-state index contributed by atoms with van der Waals surface area (Å²) in [6.45, 7) is 1.53. The van der Waals surface area contributed by atoms with Crippen molar-refractivity contribution in [2.24, 2.45) is 0 Å². The van der Waals surface area contributed by atoms with Crippen molar-refractivity contribution in [2.75, 3.05) is 0 Å². The maximum atomic E-state index is 5.42. The van der Waals surface area contributed by atoms with Crippen LogP contribution in [0.15, 0.2) is 4.52 Å². The zero-order valence-electron chi connectivity index (χ0n) is 11.4. The highest BCUT2D eigenvalue weighted by Gasteiger charge is 2.27. The second-order valence-electron chi connectivity index (χ2n) is 5.65. The van der Waals surface area contributed by atoms with Crippen LogP contribution in [-0.4, -0.2) is 15.4 Å². The molecule has 5 nitrogen and oxygen atoms in total. The van der Waals surface area contributed by atoms with Crippen molar-refractivity contribution in [3.05, 3.63) is 27.0 Å². The average molecular weight is 290 g/mol. The molecule has 2 aliphatic carbocycles.